The van der Waals surface area contributed by atoms with E-state index in [1.54, 1.807) is 0 Å². The zero-order chi connectivity index (χ0) is 13.8. The van der Waals surface area contributed by atoms with E-state index in [1.165, 1.54) is 51.7 Å². The van der Waals surface area contributed by atoms with E-state index < -0.39 is 0 Å². The third-order valence-corrected chi connectivity index (χ3v) is 5.40. The van der Waals surface area contributed by atoms with Gasteiger partial charge < -0.3 is 5.32 Å². The van der Waals surface area contributed by atoms with E-state index in [-0.39, 0.29) is 0 Å². The number of nitrogens with zero attached hydrogens (tertiary/aromatic N) is 1. The first kappa shape index (κ1) is 15.3. The fourth-order valence-electron chi connectivity index (χ4n) is 4.45. The fraction of sp³-hybridized carbons (Fsp3) is 1.00. The van der Waals surface area contributed by atoms with Crippen LogP contribution in [-0.4, -0.2) is 36.6 Å². The lowest BCUT2D eigenvalue weighted by atomic mass is 9.76. The van der Waals surface area contributed by atoms with E-state index in [2.05, 4.69) is 37.9 Å². The molecule has 0 spiro atoms. The molecule has 1 N–H and O–H groups in total. The Morgan fingerprint density at radius 1 is 1.16 bits per heavy atom. The third-order valence-electron chi connectivity index (χ3n) is 5.40. The predicted molar refractivity (Wildman–Crippen MR) is 83.4 cm³/mol. The SMILES string of the molecule is CCCNC1CC(C)CC(C)C1N1CCC(CC)C1. The van der Waals surface area contributed by atoms with Gasteiger partial charge >= 0.3 is 0 Å². The minimum atomic E-state index is 0.731. The molecule has 5 unspecified atom stereocenters. The lowest BCUT2D eigenvalue weighted by molar-refractivity contribution is 0.0761. The summed E-state index contributed by atoms with van der Waals surface area (Å²) in [7, 11) is 0. The van der Waals surface area contributed by atoms with Crippen LogP contribution in [0.15, 0.2) is 0 Å². The van der Waals surface area contributed by atoms with Gasteiger partial charge in [-0.2, -0.15) is 0 Å². The van der Waals surface area contributed by atoms with Gasteiger partial charge in [0.15, 0.2) is 0 Å². The van der Waals surface area contributed by atoms with Gasteiger partial charge in [0, 0.05) is 18.6 Å². The molecule has 0 aromatic heterocycles. The Morgan fingerprint density at radius 3 is 2.58 bits per heavy atom. The molecule has 2 heteroatoms. The molecule has 1 saturated heterocycles. The molecule has 1 saturated carbocycles. The Labute approximate surface area is 120 Å². The Hall–Kier alpha value is -0.0800. The van der Waals surface area contributed by atoms with E-state index in [9.17, 15) is 0 Å². The molecule has 0 aromatic carbocycles. The summed E-state index contributed by atoms with van der Waals surface area (Å²) in [6.07, 6.45) is 6.84. The van der Waals surface area contributed by atoms with Crippen LogP contribution < -0.4 is 5.32 Å². The zero-order valence-corrected chi connectivity index (χ0v) is 13.5. The van der Waals surface area contributed by atoms with Crippen molar-refractivity contribution in [1.82, 2.24) is 10.2 Å². The van der Waals surface area contributed by atoms with Crippen molar-refractivity contribution >= 4 is 0 Å². The Bertz CT molecular complexity index is 266. The first-order valence-corrected chi connectivity index (χ1v) is 8.63. The average Bonchev–Trinajstić information content (AvgIpc) is 2.84. The Morgan fingerprint density at radius 2 is 1.95 bits per heavy atom. The Kier molecular flexibility index (Phi) is 5.70. The smallest absolute Gasteiger partial charge is 0.0275 e. The normalized spacial score (nSPS) is 40.7. The number of rotatable bonds is 5. The molecule has 0 radical (unpaired) electrons. The van der Waals surface area contributed by atoms with Crippen LogP contribution in [0.5, 0.6) is 0 Å². The standard InChI is InChI=1S/C17H34N2/c1-5-8-18-16-11-13(3)10-14(4)17(16)19-9-7-15(6-2)12-19/h13-18H,5-12H2,1-4H3. The minimum Gasteiger partial charge on any atom is -0.312 e. The van der Waals surface area contributed by atoms with Gasteiger partial charge in [-0.05, 0) is 56.5 Å². The highest BCUT2D eigenvalue weighted by molar-refractivity contribution is 4.96. The minimum absolute atomic E-state index is 0.731. The highest BCUT2D eigenvalue weighted by Crippen LogP contribution is 2.35. The maximum Gasteiger partial charge on any atom is 0.0275 e. The first-order valence-electron chi connectivity index (χ1n) is 8.63. The lowest BCUT2D eigenvalue weighted by Gasteiger charge is -2.45. The topological polar surface area (TPSA) is 15.3 Å². The molecule has 2 fully saturated rings. The van der Waals surface area contributed by atoms with Crippen molar-refractivity contribution in [2.24, 2.45) is 17.8 Å². The van der Waals surface area contributed by atoms with Crippen LogP contribution in [0.4, 0.5) is 0 Å². The first-order chi connectivity index (χ1) is 9.15. The van der Waals surface area contributed by atoms with Crippen LogP contribution in [0.1, 0.15) is 59.8 Å². The van der Waals surface area contributed by atoms with Crippen molar-refractivity contribution in [3.05, 3.63) is 0 Å². The number of hydrogen-bond acceptors (Lipinski definition) is 2. The monoisotopic (exact) mass is 266 g/mol. The molecule has 2 rings (SSSR count). The van der Waals surface area contributed by atoms with Crippen LogP contribution in [0.3, 0.4) is 0 Å². The van der Waals surface area contributed by atoms with Crippen molar-refractivity contribution in [2.75, 3.05) is 19.6 Å². The number of nitrogens with one attached hydrogen (secondary N) is 1. The van der Waals surface area contributed by atoms with E-state index in [0.29, 0.717) is 0 Å². The maximum absolute atomic E-state index is 3.85. The average molecular weight is 266 g/mol. The summed E-state index contributed by atoms with van der Waals surface area (Å²) in [6, 6.07) is 1.52. The van der Waals surface area contributed by atoms with Crippen LogP contribution in [-0.2, 0) is 0 Å². The fourth-order valence-corrected chi connectivity index (χ4v) is 4.45. The molecule has 2 aliphatic rings. The van der Waals surface area contributed by atoms with Crippen LogP contribution in [0.2, 0.25) is 0 Å². The van der Waals surface area contributed by atoms with Crippen LogP contribution in [0, 0.1) is 17.8 Å². The maximum atomic E-state index is 3.85. The molecule has 2 nitrogen and oxygen atoms in total. The summed E-state index contributed by atoms with van der Waals surface area (Å²) in [5.41, 5.74) is 0. The van der Waals surface area contributed by atoms with Crippen molar-refractivity contribution < 1.29 is 0 Å². The van der Waals surface area contributed by atoms with Gasteiger partial charge in [0.2, 0.25) is 0 Å². The van der Waals surface area contributed by atoms with Gasteiger partial charge in [-0.15, -0.1) is 0 Å². The molecule has 1 aliphatic carbocycles. The number of hydrogen-bond donors (Lipinski definition) is 1. The summed E-state index contributed by atoms with van der Waals surface area (Å²) in [5, 5.41) is 3.85. The van der Waals surface area contributed by atoms with Crippen LogP contribution >= 0.6 is 0 Å². The van der Waals surface area contributed by atoms with Crippen molar-refractivity contribution in [2.45, 2.75) is 71.9 Å². The van der Waals surface area contributed by atoms with Crippen molar-refractivity contribution in [3.8, 4) is 0 Å². The van der Waals surface area contributed by atoms with E-state index in [1.807, 2.05) is 0 Å². The van der Waals surface area contributed by atoms with Crippen LogP contribution in [0.25, 0.3) is 0 Å². The molecule has 0 bridgehead atoms. The van der Waals surface area contributed by atoms with Gasteiger partial charge in [-0.25, -0.2) is 0 Å². The highest BCUT2D eigenvalue weighted by Gasteiger charge is 2.39. The van der Waals surface area contributed by atoms with Gasteiger partial charge in [0.1, 0.15) is 0 Å². The Balaban J connectivity index is 2.00. The second-order valence-electron chi connectivity index (χ2n) is 7.16. The van der Waals surface area contributed by atoms with Gasteiger partial charge in [0.25, 0.3) is 0 Å². The van der Waals surface area contributed by atoms with E-state index in [0.717, 1.165) is 29.8 Å². The molecule has 0 amide bonds. The molecule has 112 valence electrons. The molecule has 1 heterocycles. The molecule has 5 atom stereocenters. The van der Waals surface area contributed by atoms with E-state index in [4.69, 9.17) is 0 Å². The highest BCUT2D eigenvalue weighted by atomic mass is 15.2. The molecule has 19 heavy (non-hydrogen) atoms. The third kappa shape index (κ3) is 3.72. The van der Waals surface area contributed by atoms with E-state index >= 15 is 0 Å². The predicted octanol–water partition coefficient (Wildman–Crippen LogP) is 3.52. The second-order valence-corrected chi connectivity index (χ2v) is 7.16. The molecule has 1 aliphatic heterocycles. The summed E-state index contributed by atoms with van der Waals surface area (Å²) in [5.74, 6) is 2.71. The molecule has 0 aromatic rings. The lowest BCUT2D eigenvalue weighted by Crippen LogP contribution is -2.56. The molecular formula is C17H34N2. The largest absolute Gasteiger partial charge is 0.312 e. The van der Waals surface area contributed by atoms with Crippen molar-refractivity contribution in [3.63, 3.8) is 0 Å². The van der Waals surface area contributed by atoms with Gasteiger partial charge in [-0.3, -0.25) is 4.90 Å². The summed E-state index contributed by atoms with van der Waals surface area (Å²) in [6.45, 7) is 13.4. The number of likely N-dealkylation sites (tertiary alicyclic amines) is 1. The summed E-state index contributed by atoms with van der Waals surface area (Å²) in [4.78, 5) is 2.82. The second kappa shape index (κ2) is 7.08. The van der Waals surface area contributed by atoms with Gasteiger partial charge in [-0.1, -0.05) is 34.1 Å². The van der Waals surface area contributed by atoms with Crippen molar-refractivity contribution in [1.29, 1.82) is 0 Å². The summed E-state index contributed by atoms with van der Waals surface area (Å²) < 4.78 is 0. The summed E-state index contributed by atoms with van der Waals surface area (Å²) >= 11 is 0. The quantitative estimate of drug-likeness (QED) is 0.819. The zero-order valence-electron chi connectivity index (χ0n) is 13.5. The van der Waals surface area contributed by atoms with Gasteiger partial charge in [0.05, 0.1) is 0 Å². The molecular weight excluding hydrogens is 232 g/mol.